The second kappa shape index (κ2) is 9.24. The molecule has 2 aromatic rings. The predicted octanol–water partition coefficient (Wildman–Crippen LogP) is 4.85. The van der Waals surface area contributed by atoms with Crippen LogP contribution in [0.5, 0.6) is 0 Å². The average molecular weight is 433 g/mol. The molecule has 0 atom stereocenters. The van der Waals surface area contributed by atoms with Gasteiger partial charge in [0.05, 0.1) is 17.0 Å². The standard InChI is InChI=1S/C20H21BrN2O2S/c21-14-9-11-16(12-10-14)26-13-19(24)23-18-8-4-3-7-17(18)20(25)22-15-5-1-2-6-15/h3-4,7-12,15H,1-2,5-6,13H2,(H,22,25)(H,23,24). The van der Waals surface area contributed by atoms with Crippen LogP contribution in [0.4, 0.5) is 5.69 Å². The van der Waals surface area contributed by atoms with Crippen molar-refractivity contribution in [3.05, 3.63) is 58.6 Å². The van der Waals surface area contributed by atoms with Crippen molar-refractivity contribution in [1.29, 1.82) is 0 Å². The molecule has 0 heterocycles. The third-order valence-corrected chi connectivity index (χ3v) is 5.86. The van der Waals surface area contributed by atoms with E-state index in [-0.39, 0.29) is 17.9 Å². The Balaban J connectivity index is 1.59. The fourth-order valence-corrected chi connectivity index (χ4v) is 3.95. The molecule has 1 fully saturated rings. The molecule has 4 nitrogen and oxygen atoms in total. The number of rotatable bonds is 6. The van der Waals surface area contributed by atoms with Gasteiger partial charge in [0.2, 0.25) is 5.91 Å². The van der Waals surface area contributed by atoms with Crippen LogP contribution in [0, 0.1) is 0 Å². The smallest absolute Gasteiger partial charge is 0.253 e. The van der Waals surface area contributed by atoms with Gasteiger partial charge in [0, 0.05) is 15.4 Å². The lowest BCUT2D eigenvalue weighted by Gasteiger charge is -2.15. The van der Waals surface area contributed by atoms with Crippen LogP contribution in [0.15, 0.2) is 57.9 Å². The summed E-state index contributed by atoms with van der Waals surface area (Å²) in [6, 6.07) is 15.2. The highest BCUT2D eigenvalue weighted by atomic mass is 79.9. The highest BCUT2D eigenvalue weighted by Gasteiger charge is 2.20. The average Bonchev–Trinajstić information content (AvgIpc) is 3.14. The number of nitrogens with one attached hydrogen (secondary N) is 2. The molecule has 0 aliphatic heterocycles. The van der Waals surface area contributed by atoms with Gasteiger partial charge in [-0.1, -0.05) is 40.9 Å². The molecule has 2 amide bonds. The molecule has 2 aromatic carbocycles. The first-order chi connectivity index (χ1) is 12.6. The molecule has 1 saturated carbocycles. The van der Waals surface area contributed by atoms with E-state index < -0.39 is 0 Å². The predicted molar refractivity (Wildman–Crippen MR) is 110 cm³/mol. The van der Waals surface area contributed by atoms with Crippen LogP contribution in [0.25, 0.3) is 0 Å². The molecule has 136 valence electrons. The first kappa shape index (κ1) is 19.0. The molecule has 0 unspecified atom stereocenters. The Hall–Kier alpha value is -1.79. The van der Waals surface area contributed by atoms with Crippen LogP contribution < -0.4 is 10.6 Å². The normalized spacial score (nSPS) is 14.2. The second-order valence-electron chi connectivity index (χ2n) is 6.29. The van der Waals surface area contributed by atoms with Crippen LogP contribution in [-0.4, -0.2) is 23.6 Å². The van der Waals surface area contributed by atoms with Gasteiger partial charge in [0.25, 0.3) is 5.91 Å². The van der Waals surface area contributed by atoms with E-state index >= 15 is 0 Å². The molecular formula is C20H21BrN2O2S. The molecule has 3 rings (SSSR count). The summed E-state index contributed by atoms with van der Waals surface area (Å²) >= 11 is 4.86. The molecule has 0 bridgehead atoms. The quantitative estimate of drug-likeness (QED) is 0.641. The summed E-state index contributed by atoms with van der Waals surface area (Å²) < 4.78 is 1.01. The minimum atomic E-state index is -0.126. The number of thioether (sulfide) groups is 1. The third-order valence-electron chi connectivity index (χ3n) is 4.32. The van der Waals surface area contributed by atoms with Gasteiger partial charge in [-0.3, -0.25) is 9.59 Å². The van der Waals surface area contributed by atoms with E-state index in [2.05, 4.69) is 26.6 Å². The molecule has 0 saturated heterocycles. The molecule has 2 N–H and O–H groups in total. The molecule has 26 heavy (non-hydrogen) atoms. The number of para-hydroxylation sites is 1. The lowest BCUT2D eigenvalue weighted by molar-refractivity contribution is -0.113. The van der Waals surface area contributed by atoms with Crippen molar-refractivity contribution in [1.82, 2.24) is 5.32 Å². The van der Waals surface area contributed by atoms with Crippen LogP contribution in [0.2, 0.25) is 0 Å². The van der Waals surface area contributed by atoms with Crippen molar-refractivity contribution in [2.24, 2.45) is 0 Å². The van der Waals surface area contributed by atoms with Gasteiger partial charge in [0.1, 0.15) is 0 Å². The van der Waals surface area contributed by atoms with Gasteiger partial charge < -0.3 is 10.6 Å². The maximum atomic E-state index is 12.5. The molecule has 0 radical (unpaired) electrons. The molecule has 0 aromatic heterocycles. The first-order valence-corrected chi connectivity index (χ1v) is 10.5. The number of amides is 2. The Kier molecular flexibility index (Phi) is 6.74. The fraction of sp³-hybridized carbons (Fsp3) is 0.300. The maximum Gasteiger partial charge on any atom is 0.253 e. The largest absolute Gasteiger partial charge is 0.349 e. The Morgan fingerprint density at radius 3 is 2.46 bits per heavy atom. The van der Waals surface area contributed by atoms with Crippen LogP contribution in [0.3, 0.4) is 0 Å². The SMILES string of the molecule is O=C(CSc1ccc(Br)cc1)Nc1ccccc1C(=O)NC1CCCC1. The van der Waals surface area contributed by atoms with E-state index in [9.17, 15) is 9.59 Å². The number of carbonyl (C=O) groups excluding carboxylic acids is 2. The van der Waals surface area contributed by atoms with Crippen molar-refractivity contribution in [3.8, 4) is 0 Å². The number of hydrogen-bond donors (Lipinski definition) is 2. The van der Waals surface area contributed by atoms with Crippen LogP contribution >= 0.6 is 27.7 Å². The maximum absolute atomic E-state index is 12.5. The van der Waals surface area contributed by atoms with E-state index in [4.69, 9.17) is 0 Å². The molecular weight excluding hydrogens is 412 g/mol. The van der Waals surface area contributed by atoms with E-state index in [0.717, 1.165) is 35.1 Å². The number of halogens is 1. The van der Waals surface area contributed by atoms with E-state index in [1.807, 2.05) is 36.4 Å². The van der Waals surface area contributed by atoms with Gasteiger partial charge in [-0.05, 0) is 49.2 Å². The highest BCUT2D eigenvalue weighted by Crippen LogP contribution is 2.22. The molecule has 1 aliphatic rings. The van der Waals surface area contributed by atoms with Crippen LogP contribution in [0.1, 0.15) is 36.0 Å². The Morgan fingerprint density at radius 2 is 1.73 bits per heavy atom. The Bertz CT molecular complexity index is 774. The molecule has 1 aliphatic carbocycles. The van der Waals surface area contributed by atoms with Crippen molar-refractivity contribution < 1.29 is 9.59 Å². The van der Waals surface area contributed by atoms with Gasteiger partial charge in [-0.25, -0.2) is 0 Å². The zero-order valence-corrected chi connectivity index (χ0v) is 16.7. The monoisotopic (exact) mass is 432 g/mol. The van der Waals surface area contributed by atoms with Gasteiger partial charge in [0.15, 0.2) is 0 Å². The number of benzene rings is 2. The van der Waals surface area contributed by atoms with E-state index in [1.165, 1.54) is 11.8 Å². The fourth-order valence-electron chi connectivity index (χ4n) is 2.99. The summed E-state index contributed by atoms with van der Waals surface area (Å²) in [5.41, 5.74) is 1.07. The van der Waals surface area contributed by atoms with Gasteiger partial charge in [-0.15, -0.1) is 11.8 Å². The summed E-state index contributed by atoms with van der Waals surface area (Å²) in [7, 11) is 0. The van der Waals surface area contributed by atoms with E-state index in [0.29, 0.717) is 17.0 Å². The third kappa shape index (κ3) is 5.35. The van der Waals surface area contributed by atoms with E-state index in [1.54, 1.807) is 12.1 Å². The van der Waals surface area contributed by atoms with Gasteiger partial charge >= 0.3 is 0 Å². The summed E-state index contributed by atoms with van der Waals surface area (Å²) in [6.07, 6.45) is 4.39. The second-order valence-corrected chi connectivity index (χ2v) is 8.26. The van der Waals surface area contributed by atoms with Gasteiger partial charge in [-0.2, -0.15) is 0 Å². The zero-order chi connectivity index (χ0) is 18.4. The zero-order valence-electron chi connectivity index (χ0n) is 14.3. The number of anilines is 1. The first-order valence-electron chi connectivity index (χ1n) is 8.70. The summed E-state index contributed by atoms with van der Waals surface area (Å²) in [6.45, 7) is 0. The van der Waals surface area contributed by atoms with Crippen molar-refractivity contribution >= 4 is 45.2 Å². The topological polar surface area (TPSA) is 58.2 Å². The summed E-state index contributed by atoms with van der Waals surface area (Å²) in [5, 5.41) is 5.94. The lowest BCUT2D eigenvalue weighted by Crippen LogP contribution is -2.33. The minimum absolute atomic E-state index is 0.117. The lowest BCUT2D eigenvalue weighted by atomic mass is 10.1. The van der Waals surface area contributed by atoms with Crippen molar-refractivity contribution in [3.63, 3.8) is 0 Å². The molecule has 0 spiro atoms. The number of carbonyl (C=O) groups is 2. The summed E-state index contributed by atoms with van der Waals surface area (Å²) in [5.74, 6) is 0.0487. The molecule has 6 heteroatoms. The highest BCUT2D eigenvalue weighted by molar-refractivity contribution is 9.10. The van der Waals surface area contributed by atoms with Crippen molar-refractivity contribution in [2.45, 2.75) is 36.6 Å². The Morgan fingerprint density at radius 1 is 1.04 bits per heavy atom. The van der Waals surface area contributed by atoms with Crippen LogP contribution in [-0.2, 0) is 4.79 Å². The van der Waals surface area contributed by atoms with Crippen molar-refractivity contribution in [2.75, 3.05) is 11.1 Å². The summed E-state index contributed by atoms with van der Waals surface area (Å²) in [4.78, 5) is 25.9. The minimum Gasteiger partial charge on any atom is -0.349 e. The Labute approximate surface area is 166 Å². The number of hydrogen-bond acceptors (Lipinski definition) is 3.